The first-order chi connectivity index (χ1) is 9.70. The number of urea groups is 1. The van der Waals surface area contributed by atoms with Gasteiger partial charge in [0.25, 0.3) is 0 Å². The molecule has 2 amide bonds. The number of rotatable bonds is 4. The molecule has 1 aliphatic rings. The second kappa shape index (κ2) is 7.24. The summed E-state index contributed by atoms with van der Waals surface area (Å²) < 4.78 is 13.4. The minimum Gasteiger partial charge on any atom is -0.338 e. The van der Waals surface area contributed by atoms with Crippen LogP contribution >= 0.6 is 0 Å². The first-order valence-electron chi connectivity index (χ1n) is 7.19. The third kappa shape index (κ3) is 3.93. The number of amides is 2. The molecule has 1 fully saturated rings. The van der Waals surface area contributed by atoms with Gasteiger partial charge in [0.1, 0.15) is 5.82 Å². The molecule has 2 rings (SSSR count). The molecule has 0 unspecified atom stereocenters. The average Bonchev–Trinajstić information content (AvgIpc) is 2.49. The molecule has 5 heteroatoms. The molecule has 1 heterocycles. The predicted octanol–water partition coefficient (Wildman–Crippen LogP) is 1.72. The van der Waals surface area contributed by atoms with E-state index in [-0.39, 0.29) is 11.8 Å². The molecule has 1 saturated heterocycles. The number of hydrogen-bond acceptors (Lipinski definition) is 2. The summed E-state index contributed by atoms with van der Waals surface area (Å²) in [4.78, 5) is 16.1. The van der Waals surface area contributed by atoms with Crippen molar-refractivity contribution in [2.24, 2.45) is 0 Å². The number of piperazine rings is 1. The maximum absolute atomic E-state index is 13.4. The summed E-state index contributed by atoms with van der Waals surface area (Å²) in [6, 6.07) is 6.63. The molecule has 1 aliphatic heterocycles. The van der Waals surface area contributed by atoms with Crippen LogP contribution in [0.3, 0.4) is 0 Å². The van der Waals surface area contributed by atoms with E-state index < -0.39 is 0 Å². The van der Waals surface area contributed by atoms with Crippen molar-refractivity contribution in [1.29, 1.82) is 0 Å². The Bertz CT molecular complexity index is 444. The largest absolute Gasteiger partial charge is 0.338 e. The van der Waals surface area contributed by atoms with Gasteiger partial charge in [0.2, 0.25) is 0 Å². The van der Waals surface area contributed by atoms with Crippen LogP contribution in [0.2, 0.25) is 0 Å². The third-order valence-electron chi connectivity index (χ3n) is 3.74. The van der Waals surface area contributed by atoms with E-state index in [1.165, 1.54) is 6.07 Å². The summed E-state index contributed by atoms with van der Waals surface area (Å²) in [5, 5.41) is 2.86. The number of carbonyl (C=O) groups is 1. The van der Waals surface area contributed by atoms with Gasteiger partial charge in [-0.3, -0.25) is 0 Å². The highest BCUT2D eigenvalue weighted by Crippen LogP contribution is 2.06. The Morgan fingerprint density at radius 3 is 2.60 bits per heavy atom. The highest BCUT2D eigenvalue weighted by atomic mass is 19.1. The van der Waals surface area contributed by atoms with Crippen LogP contribution in [0, 0.1) is 5.82 Å². The Labute approximate surface area is 119 Å². The van der Waals surface area contributed by atoms with Crippen molar-refractivity contribution >= 4 is 6.03 Å². The van der Waals surface area contributed by atoms with Crippen LogP contribution in [0.15, 0.2) is 24.3 Å². The zero-order valence-corrected chi connectivity index (χ0v) is 11.9. The minimum absolute atomic E-state index is 0.0444. The zero-order valence-electron chi connectivity index (χ0n) is 11.9. The molecule has 0 aromatic heterocycles. The van der Waals surface area contributed by atoms with E-state index in [1.54, 1.807) is 12.1 Å². The highest BCUT2D eigenvalue weighted by molar-refractivity contribution is 5.74. The topological polar surface area (TPSA) is 35.6 Å². The lowest BCUT2D eigenvalue weighted by Crippen LogP contribution is -2.51. The molecular formula is C15H22FN3O. The summed E-state index contributed by atoms with van der Waals surface area (Å²) >= 11 is 0. The average molecular weight is 279 g/mol. The first-order valence-corrected chi connectivity index (χ1v) is 7.19. The van der Waals surface area contributed by atoms with Crippen LogP contribution in [-0.4, -0.2) is 55.1 Å². The van der Waals surface area contributed by atoms with Gasteiger partial charge in [0.15, 0.2) is 0 Å². The van der Waals surface area contributed by atoms with Gasteiger partial charge >= 0.3 is 6.03 Å². The van der Waals surface area contributed by atoms with Crippen molar-refractivity contribution in [2.45, 2.75) is 13.3 Å². The summed E-state index contributed by atoms with van der Waals surface area (Å²) in [6.07, 6.45) is 0.521. The van der Waals surface area contributed by atoms with E-state index in [4.69, 9.17) is 0 Å². The number of halogens is 1. The van der Waals surface area contributed by atoms with Gasteiger partial charge in [-0.15, -0.1) is 0 Å². The predicted molar refractivity (Wildman–Crippen MR) is 77.2 cm³/mol. The Morgan fingerprint density at radius 2 is 1.95 bits per heavy atom. The fourth-order valence-electron chi connectivity index (χ4n) is 2.38. The standard InChI is InChI=1S/C15H22FN3O/c1-2-18-9-11-19(12-10-18)15(20)17-8-7-13-5-3-4-6-14(13)16/h3-6H,2,7-12H2,1H3,(H,17,20). The number of nitrogens with one attached hydrogen (secondary N) is 1. The van der Waals surface area contributed by atoms with Crippen molar-refractivity contribution in [1.82, 2.24) is 15.1 Å². The Balaban J connectivity index is 1.72. The molecule has 1 aromatic rings. The van der Waals surface area contributed by atoms with Crippen molar-refractivity contribution in [2.75, 3.05) is 39.3 Å². The first kappa shape index (κ1) is 14.8. The molecule has 0 spiro atoms. The quantitative estimate of drug-likeness (QED) is 0.911. The van der Waals surface area contributed by atoms with E-state index in [0.29, 0.717) is 18.5 Å². The van der Waals surface area contributed by atoms with E-state index in [2.05, 4.69) is 17.1 Å². The summed E-state index contributed by atoms with van der Waals surface area (Å²) in [6.45, 7) is 7.01. The van der Waals surface area contributed by atoms with Crippen LogP contribution in [0.25, 0.3) is 0 Å². The fourth-order valence-corrected chi connectivity index (χ4v) is 2.38. The number of likely N-dealkylation sites (N-methyl/N-ethyl adjacent to an activating group) is 1. The number of hydrogen-bond donors (Lipinski definition) is 1. The minimum atomic E-state index is -0.210. The third-order valence-corrected chi connectivity index (χ3v) is 3.74. The smallest absolute Gasteiger partial charge is 0.317 e. The lowest BCUT2D eigenvalue weighted by atomic mass is 10.1. The van der Waals surface area contributed by atoms with Gasteiger partial charge in [0, 0.05) is 32.7 Å². The number of benzene rings is 1. The normalized spacial score (nSPS) is 16.2. The number of nitrogens with zero attached hydrogens (tertiary/aromatic N) is 2. The second-order valence-electron chi connectivity index (χ2n) is 4.99. The Morgan fingerprint density at radius 1 is 1.25 bits per heavy atom. The van der Waals surface area contributed by atoms with Gasteiger partial charge in [-0.25, -0.2) is 9.18 Å². The van der Waals surface area contributed by atoms with E-state index in [1.807, 2.05) is 11.0 Å². The van der Waals surface area contributed by atoms with Gasteiger partial charge < -0.3 is 15.1 Å². The zero-order chi connectivity index (χ0) is 14.4. The fraction of sp³-hybridized carbons (Fsp3) is 0.533. The molecule has 4 nitrogen and oxygen atoms in total. The summed E-state index contributed by atoms with van der Waals surface area (Å²) in [7, 11) is 0. The highest BCUT2D eigenvalue weighted by Gasteiger charge is 2.19. The molecule has 0 radical (unpaired) electrons. The molecule has 0 bridgehead atoms. The lowest BCUT2D eigenvalue weighted by molar-refractivity contribution is 0.143. The summed E-state index contributed by atoms with van der Waals surface area (Å²) in [5.74, 6) is -0.210. The van der Waals surface area contributed by atoms with Crippen LogP contribution in [0.1, 0.15) is 12.5 Å². The monoisotopic (exact) mass is 279 g/mol. The second-order valence-corrected chi connectivity index (χ2v) is 4.99. The Kier molecular flexibility index (Phi) is 5.35. The van der Waals surface area contributed by atoms with Crippen LogP contribution in [-0.2, 0) is 6.42 Å². The SMILES string of the molecule is CCN1CCN(C(=O)NCCc2ccccc2F)CC1. The van der Waals surface area contributed by atoms with E-state index >= 15 is 0 Å². The van der Waals surface area contributed by atoms with Gasteiger partial charge in [0.05, 0.1) is 0 Å². The van der Waals surface area contributed by atoms with Crippen LogP contribution in [0.4, 0.5) is 9.18 Å². The molecule has 110 valence electrons. The molecular weight excluding hydrogens is 257 g/mol. The molecule has 1 aromatic carbocycles. The van der Waals surface area contributed by atoms with E-state index in [0.717, 1.165) is 32.7 Å². The molecule has 0 aliphatic carbocycles. The summed E-state index contributed by atoms with van der Waals surface area (Å²) in [5.41, 5.74) is 0.642. The van der Waals surface area contributed by atoms with Gasteiger partial charge in [-0.1, -0.05) is 25.1 Å². The molecule has 1 N–H and O–H groups in total. The van der Waals surface area contributed by atoms with E-state index in [9.17, 15) is 9.18 Å². The maximum atomic E-state index is 13.4. The number of carbonyl (C=O) groups excluding carboxylic acids is 1. The van der Waals surface area contributed by atoms with Gasteiger partial charge in [-0.05, 0) is 24.6 Å². The Hall–Kier alpha value is -1.62. The molecule has 0 saturated carbocycles. The van der Waals surface area contributed by atoms with Crippen LogP contribution < -0.4 is 5.32 Å². The van der Waals surface area contributed by atoms with Crippen molar-refractivity contribution in [3.63, 3.8) is 0 Å². The molecule has 0 atom stereocenters. The maximum Gasteiger partial charge on any atom is 0.317 e. The van der Waals surface area contributed by atoms with Crippen molar-refractivity contribution < 1.29 is 9.18 Å². The van der Waals surface area contributed by atoms with Crippen molar-refractivity contribution in [3.05, 3.63) is 35.6 Å². The molecule has 20 heavy (non-hydrogen) atoms. The van der Waals surface area contributed by atoms with Crippen LogP contribution in [0.5, 0.6) is 0 Å². The lowest BCUT2D eigenvalue weighted by Gasteiger charge is -2.34. The van der Waals surface area contributed by atoms with Gasteiger partial charge in [-0.2, -0.15) is 0 Å². The van der Waals surface area contributed by atoms with Crippen molar-refractivity contribution in [3.8, 4) is 0 Å².